The zero-order valence-electron chi connectivity index (χ0n) is 13.2. The predicted molar refractivity (Wildman–Crippen MR) is 87.3 cm³/mol. The van der Waals surface area contributed by atoms with Gasteiger partial charge in [-0.1, -0.05) is 24.3 Å². The zero-order valence-corrected chi connectivity index (χ0v) is 14.0. The number of fused-ring (bicyclic) bond motifs is 1. The van der Waals surface area contributed by atoms with Crippen LogP contribution in [0.4, 0.5) is 0 Å². The molecule has 3 rings (SSSR count). The number of para-hydroxylation sites is 1. The van der Waals surface area contributed by atoms with Crippen LogP contribution in [0.25, 0.3) is 0 Å². The van der Waals surface area contributed by atoms with Crippen molar-refractivity contribution >= 4 is 10.0 Å². The number of aryl methyl sites for hydroxylation is 1. The average molecular weight is 333 g/mol. The highest BCUT2D eigenvalue weighted by Gasteiger charge is 2.30. The molecule has 2 aromatic carbocycles. The van der Waals surface area contributed by atoms with Crippen molar-refractivity contribution in [1.82, 2.24) is 4.31 Å². The van der Waals surface area contributed by atoms with Crippen LogP contribution >= 0.6 is 0 Å². The predicted octanol–water partition coefficient (Wildman–Crippen LogP) is 2.59. The second-order valence-corrected chi connectivity index (χ2v) is 7.36. The molecule has 0 atom stereocenters. The van der Waals surface area contributed by atoms with Gasteiger partial charge < -0.3 is 9.47 Å². The number of benzene rings is 2. The number of nitrogens with zero attached hydrogens (tertiary/aromatic N) is 1. The highest BCUT2D eigenvalue weighted by Crippen LogP contribution is 2.31. The molecule has 0 radical (unpaired) electrons. The highest BCUT2D eigenvalue weighted by molar-refractivity contribution is 7.89. The Morgan fingerprint density at radius 2 is 1.96 bits per heavy atom. The van der Waals surface area contributed by atoms with Crippen molar-refractivity contribution in [2.24, 2.45) is 0 Å². The van der Waals surface area contributed by atoms with E-state index in [1.54, 1.807) is 12.1 Å². The van der Waals surface area contributed by atoms with Gasteiger partial charge in [0.05, 0.1) is 7.11 Å². The third-order valence-electron chi connectivity index (χ3n) is 3.85. The molecule has 1 heterocycles. The van der Waals surface area contributed by atoms with Gasteiger partial charge in [0, 0.05) is 18.7 Å². The van der Waals surface area contributed by atoms with Gasteiger partial charge in [-0.05, 0) is 30.7 Å². The van der Waals surface area contributed by atoms with Gasteiger partial charge in [0.25, 0.3) is 0 Å². The number of hydrogen-bond acceptors (Lipinski definition) is 4. The molecule has 0 fully saturated rings. The summed E-state index contributed by atoms with van der Waals surface area (Å²) < 4.78 is 38.5. The minimum atomic E-state index is -3.67. The molecule has 0 aromatic heterocycles. The van der Waals surface area contributed by atoms with E-state index >= 15 is 0 Å². The molecule has 0 N–H and O–H groups in total. The van der Waals surface area contributed by atoms with E-state index in [-0.39, 0.29) is 11.4 Å². The van der Waals surface area contributed by atoms with Gasteiger partial charge in [0.2, 0.25) is 10.0 Å². The van der Waals surface area contributed by atoms with E-state index < -0.39 is 10.0 Å². The number of hydrogen-bond donors (Lipinski definition) is 0. The summed E-state index contributed by atoms with van der Waals surface area (Å²) in [4.78, 5) is 0.194. The van der Waals surface area contributed by atoms with E-state index in [1.807, 2.05) is 37.3 Å². The molecule has 2 aromatic rings. The Morgan fingerprint density at radius 1 is 1.17 bits per heavy atom. The molecular formula is C17H19NO4S. The van der Waals surface area contributed by atoms with Gasteiger partial charge in [0.15, 0.2) is 0 Å². The van der Waals surface area contributed by atoms with E-state index in [9.17, 15) is 8.42 Å². The smallest absolute Gasteiger partial charge is 0.247 e. The summed E-state index contributed by atoms with van der Waals surface area (Å²) in [6.07, 6.45) is 0. The summed E-state index contributed by atoms with van der Waals surface area (Å²) in [6, 6.07) is 12.7. The minimum absolute atomic E-state index is 0.194. The molecule has 23 heavy (non-hydrogen) atoms. The molecule has 5 nitrogen and oxygen atoms in total. The maximum atomic E-state index is 13.1. The number of methoxy groups -OCH3 is 1. The van der Waals surface area contributed by atoms with Gasteiger partial charge in [0.1, 0.15) is 23.0 Å². The van der Waals surface area contributed by atoms with Crippen molar-refractivity contribution < 1.29 is 17.9 Å². The molecule has 0 saturated heterocycles. The average Bonchev–Trinajstić information content (AvgIpc) is 2.77. The quantitative estimate of drug-likeness (QED) is 0.866. The SMILES string of the molecule is COc1ccc(C)cc1S(=O)(=O)N1CCOc2ccccc2C1. The summed E-state index contributed by atoms with van der Waals surface area (Å²) in [5, 5.41) is 0. The van der Waals surface area contributed by atoms with Crippen LogP contribution in [0, 0.1) is 6.92 Å². The summed E-state index contributed by atoms with van der Waals surface area (Å²) in [6.45, 7) is 2.77. The van der Waals surface area contributed by atoms with E-state index in [0.717, 1.165) is 16.9 Å². The molecule has 0 bridgehead atoms. The van der Waals surface area contributed by atoms with Crippen molar-refractivity contribution in [3.05, 3.63) is 53.6 Å². The minimum Gasteiger partial charge on any atom is -0.495 e. The van der Waals surface area contributed by atoms with Crippen molar-refractivity contribution in [2.75, 3.05) is 20.3 Å². The van der Waals surface area contributed by atoms with E-state index in [1.165, 1.54) is 11.4 Å². The Bertz CT molecular complexity index is 817. The lowest BCUT2D eigenvalue weighted by Gasteiger charge is -2.21. The number of ether oxygens (including phenoxy) is 2. The van der Waals surface area contributed by atoms with Crippen LogP contribution in [0.1, 0.15) is 11.1 Å². The summed E-state index contributed by atoms with van der Waals surface area (Å²) >= 11 is 0. The maximum absolute atomic E-state index is 13.1. The monoisotopic (exact) mass is 333 g/mol. The fourth-order valence-corrected chi connectivity index (χ4v) is 4.27. The first kappa shape index (κ1) is 15.8. The van der Waals surface area contributed by atoms with Crippen LogP contribution in [0.15, 0.2) is 47.4 Å². The molecule has 0 saturated carbocycles. The molecular weight excluding hydrogens is 314 g/mol. The molecule has 122 valence electrons. The molecule has 0 aliphatic carbocycles. The second kappa shape index (κ2) is 6.22. The number of sulfonamides is 1. The molecule has 1 aliphatic heterocycles. The standard InChI is InChI=1S/C17H19NO4S/c1-13-7-8-16(21-2)17(11-13)23(19,20)18-9-10-22-15-6-4-3-5-14(15)12-18/h3-8,11H,9-10,12H2,1-2H3. The fraction of sp³-hybridized carbons (Fsp3) is 0.294. The largest absolute Gasteiger partial charge is 0.495 e. The summed E-state index contributed by atoms with van der Waals surface area (Å²) in [7, 11) is -2.19. The summed E-state index contributed by atoms with van der Waals surface area (Å²) in [5.74, 6) is 1.09. The Kier molecular flexibility index (Phi) is 4.28. The summed E-state index contributed by atoms with van der Waals surface area (Å²) in [5.41, 5.74) is 1.73. The van der Waals surface area contributed by atoms with E-state index in [0.29, 0.717) is 18.9 Å². The Labute approximate surface area is 136 Å². The van der Waals surface area contributed by atoms with Crippen molar-refractivity contribution in [3.63, 3.8) is 0 Å². The third kappa shape index (κ3) is 3.04. The van der Waals surface area contributed by atoms with E-state index in [2.05, 4.69) is 0 Å². The fourth-order valence-electron chi connectivity index (χ4n) is 2.63. The molecule has 0 unspecified atom stereocenters. The first-order chi connectivity index (χ1) is 11.0. The topological polar surface area (TPSA) is 55.8 Å². The van der Waals surface area contributed by atoms with Crippen molar-refractivity contribution in [2.45, 2.75) is 18.4 Å². The zero-order chi connectivity index (χ0) is 16.4. The van der Waals surface area contributed by atoms with Gasteiger partial charge >= 0.3 is 0 Å². The lowest BCUT2D eigenvalue weighted by Crippen LogP contribution is -2.32. The van der Waals surface area contributed by atoms with Gasteiger partial charge in [-0.2, -0.15) is 4.31 Å². The lowest BCUT2D eigenvalue weighted by molar-refractivity contribution is 0.292. The molecule has 1 aliphatic rings. The number of rotatable bonds is 3. The maximum Gasteiger partial charge on any atom is 0.247 e. The van der Waals surface area contributed by atoms with Crippen LogP contribution in [-0.2, 0) is 16.6 Å². The first-order valence-corrected chi connectivity index (χ1v) is 8.82. The van der Waals surface area contributed by atoms with Crippen molar-refractivity contribution in [3.8, 4) is 11.5 Å². The Balaban J connectivity index is 2.02. The van der Waals surface area contributed by atoms with Crippen LogP contribution in [0.3, 0.4) is 0 Å². The third-order valence-corrected chi connectivity index (χ3v) is 5.72. The second-order valence-electron chi connectivity index (χ2n) is 5.45. The Hall–Kier alpha value is -2.05. The van der Waals surface area contributed by atoms with Crippen LogP contribution in [0.5, 0.6) is 11.5 Å². The normalized spacial score (nSPS) is 15.4. The van der Waals surface area contributed by atoms with Crippen LogP contribution in [0.2, 0.25) is 0 Å². The van der Waals surface area contributed by atoms with Crippen molar-refractivity contribution in [1.29, 1.82) is 0 Å². The van der Waals surface area contributed by atoms with Gasteiger partial charge in [-0.15, -0.1) is 0 Å². The molecule has 6 heteroatoms. The van der Waals surface area contributed by atoms with Crippen LogP contribution in [-0.4, -0.2) is 33.0 Å². The highest BCUT2D eigenvalue weighted by atomic mass is 32.2. The van der Waals surface area contributed by atoms with Crippen LogP contribution < -0.4 is 9.47 Å². The Morgan fingerprint density at radius 3 is 2.74 bits per heavy atom. The van der Waals surface area contributed by atoms with E-state index in [4.69, 9.17) is 9.47 Å². The molecule has 0 spiro atoms. The lowest BCUT2D eigenvalue weighted by atomic mass is 10.2. The van der Waals surface area contributed by atoms with Gasteiger partial charge in [-0.25, -0.2) is 8.42 Å². The first-order valence-electron chi connectivity index (χ1n) is 7.38. The molecule has 0 amide bonds. The van der Waals surface area contributed by atoms with Gasteiger partial charge in [-0.3, -0.25) is 0 Å².